The fourth-order valence-corrected chi connectivity index (χ4v) is 3.32. The van der Waals surface area contributed by atoms with Crippen molar-refractivity contribution in [2.45, 2.75) is 26.3 Å². The molecule has 0 atom stereocenters. The highest BCUT2D eigenvalue weighted by atomic mass is 16.1. The zero-order chi connectivity index (χ0) is 16.8. The van der Waals surface area contributed by atoms with Gasteiger partial charge in [-0.15, -0.1) is 0 Å². The second kappa shape index (κ2) is 8.11. The molecule has 3 heteroatoms. The molecule has 0 aromatic heterocycles. The Hall–Kier alpha value is -2.13. The summed E-state index contributed by atoms with van der Waals surface area (Å²) in [5.41, 5.74) is 3.26. The first-order valence-electron chi connectivity index (χ1n) is 8.82. The standard InChI is InChI=1S/C21H26N2O/c1-17-6-5-9-20(14-17)21(24)22-15-18-10-12-23(13-11-18)16-19-7-3-2-4-8-19/h2-9,14,18H,10-13,15-16H2,1H3,(H,22,24). The second-order valence-electron chi connectivity index (χ2n) is 6.78. The highest BCUT2D eigenvalue weighted by Crippen LogP contribution is 2.18. The minimum Gasteiger partial charge on any atom is -0.352 e. The Bertz CT molecular complexity index is 661. The first-order chi connectivity index (χ1) is 11.7. The first-order valence-corrected chi connectivity index (χ1v) is 8.82. The second-order valence-corrected chi connectivity index (χ2v) is 6.78. The number of rotatable bonds is 5. The van der Waals surface area contributed by atoms with Crippen molar-refractivity contribution in [1.29, 1.82) is 0 Å². The highest BCUT2D eigenvalue weighted by Gasteiger charge is 2.20. The van der Waals surface area contributed by atoms with Crippen LogP contribution in [-0.4, -0.2) is 30.4 Å². The summed E-state index contributed by atoms with van der Waals surface area (Å²) in [7, 11) is 0. The normalized spacial score (nSPS) is 16.0. The van der Waals surface area contributed by atoms with E-state index in [-0.39, 0.29) is 5.91 Å². The molecule has 0 aliphatic carbocycles. The lowest BCUT2D eigenvalue weighted by atomic mass is 9.96. The molecule has 1 aliphatic heterocycles. The van der Waals surface area contributed by atoms with Crippen LogP contribution in [-0.2, 0) is 6.54 Å². The first kappa shape index (κ1) is 16.7. The lowest BCUT2D eigenvalue weighted by Crippen LogP contribution is -2.38. The maximum absolute atomic E-state index is 12.2. The summed E-state index contributed by atoms with van der Waals surface area (Å²) in [6, 6.07) is 18.4. The van der Waals surface area contributed by atoms with Crippen molar-refractivity contribution in [3.05, 3.63) is 71.3 Å². The third kappa shape index (κ3) is 4.68. The van der Waals surface area contributed by atoms with E-state index in [4.69, 9.17) is 0 Å². The summed E-state index contributed by atoms with van der Waals surface area (Å²) in [4.78, 5) is 14.7. The van der Waals surface area contributed by atoms with E-state index in [0.29, 0.717) is 5.92 Å². The van der Waals surface area contributed by atoms with Crippen LogP contribution in [0, 0.1) is 12.8 Å². The van der Waals surface area contributed by atoms with Crippen LogP contribution in [0.3, 0.4) is 0 Å². The number of nitrogens with zero attached hydrogens (tertiary/aromatic N) is 1. The van der Waals surface area contributed by atoms with Gasteiger partial charge in [-0.1, -0.05) is 48.0 Å². The average Bonchev–Trinajstić information content (AvgIpc) is 2.62. The van der Waals surface area contributed by atoms with E-state index in [1.54, 1.807) is 0 Å². The number of benzene rings is 2. The summed E-state index contributed by atoms with van der Waals surface area (Å²) >= 11 is 0. The van der Waals surface area contributed by atoms with E-state index in [2.05, 4.69) is 40.5 Å². The summed E-state index contributed by atoms with van der Waals surface area (Å²) in [5.74, 6) is 0.635. The number of likely N-dealkylation sites (tertiary alicyclic amines) is 1. The maximum atomic E-state index is 12.2. The van der Waals surface area contributed by atoms with Crippen molar-refractivity contribution < 1.29 is 4.79 Å². The predicted octanol–water partition coefficient (Wildman–Crippen LogP) is 3.64. The van der Waals surface area contributed by atoms with E-state index in [1.807, 2.05) is 31.2 Å². The number of hydrogen-bond donors (Lipinski definition) is 1. The molecule has 0 spiro atoms. The lowest BCUT2D eigenvalue weighted by molar-refractivity contribution is 0.0935. The fourth-order valence-electron chi connectivity index (χ4n) is 3.32. The van der Waals surface area contributed by atoms with Crippen molar-refractivity contribution in [3.8, 4) is 0 Å². The number of amides is 1. The van der Waals surface area contributed by atoms with Gasteiger partial charge in [0.15, 0.2) is 0 Å². The molecule has 1 saturated heterocycles. The van der Waals surface area contributed by atoms with E-state index < -0.39 is 0 Å². The summed E-state index contributed by atoms with van der Waals surface area (Å²) in [6.45, 7) is 6.05. The van der Waals surface area contributed by atoms with Crippen molar-refractivity contribution in [2.75, 3.05) is 19.6 Å². The Morgan fingerprint density at radius 2 is 1.83 bits per heavy atom. The van der Waals surface area contributed by atoms with Gasteiger partial charge in [0.1, 0.15) is 0 Å². The molecule has 24 heavy (non-hydrogen) atoms. The van der Waals surface area contributed by atoms with Crippen molar-refractivity contribution >= 4 is 5.91 Å². The summed E-state index contributed by atoms with van der Waals surface area (Å²) in [5, 5.41) is 3.10. The van der Waals surface area contributed by atoms with Crippen molar-refractivity contribution in [3.63, 3.8) is 0 Å². The third-order valence-corrected chi connectivity index (χ3v) is 4.79. The van der Waals surface area contributed by atoms with Crippen LogP contribution in [0.2, 0.25) is 0 Å². The van der Waals surface area contributed by atoms with Gasteiger partial charge in [-0.25, -0.2) is 0 Å². The minimum absolute atomic E-state index is 0.0467. The largest absolute Gasteiger partial charge is 0.352 e. The van der Waals surface area contributed by atoms with E-state index in [9.17, 15) is 4.79 Å². The van der Waals surface area contributed by atoms with Gasteiger partial charge in [-0.2, -0.15) is 0 Å². The lowest BCUT2D eigenvalue weighted by Gasteiger charge is -2.32. The van der Waals surface area contributed by atoms with Gasteiger partial charge in [-0.05, 0) is 56.5 Å². The molecule has 3 nitrogen and oxygen atoms in total. The molecule has 126 valence electrons. The quantitative estimate of drug-likeness (QED) is 0.911. The van der Waals surface area contributed by atoms with Crippen LogP contribution in [0.25, 0.3) is 0 Å². The molecule has 2 aromatic carbocycles. The molecule has 3 rings (SSSR count). The van der Waals surface area contributed by atoms with Crippen molar-refractivity contribution in [2.24, 2.45) is 5.92 Å². The van der Waals surface area contributed by atoms with Crippen LogP contribution in [0.15, 0.2) is 54.6 Å². The molecule has 0 unspecified atom stereocenters. The number of aryl methyl sites for hydroxylation is 1. The van der Waals surface area contributed by atoms with Gasteiger partial charge in [0.05, 0.1) is 0 Å². The van der Waals surface area contributed by atoms with Crippen molar-refractivity contribution in [1.82, 2.24) is 10.2 Å². The Morgan fingerprint density at radius 1 is 1.08 bits per heavy atom. The third-order valence-electron chi connectivity index (χ3n) is 4.79. The molecule has 1 N–H and O–H groups in total. The van der Waals surface area contributed by atoms with Gasteiger partial charge in [0.25, 0.3) is 5.91 Å². The smallest absolute Gasteiger partial charge is 0.251 e. The average molecular weight is 322 g/mol. The zero-order valence-electron chi connectivity index (χ0n) is 14.4. The van der Waals surface area contributed by atoms with Gasteiger partial charge in [0.2, 0.25) is 0 Å². The molecule has 2 aromatic rings. The van der Waals surface area contributed by atoms with Crippen LogP contribution >= 0.6 is 0 Å². The molecule has 1 aliphatic rings. The Labute approximate surface area is 144 Å². The highest BCUT2D eigenvalue weighted by molar-refractivity contribution is 5.94. The van der Waals surface area contributed by atoms with Gasteiger partial charge >= 0.3 is 0 Å². The van der Waals surface area contributed by atoms with Crippen LogP contribution in [0.5, 0.6) is 0 Å². The van der Waals surface area contributed by atoms with Crippen LogP contribution in [0.1, 0.15) is 34.3 Å². The zero-order valence-corrected chi connectivity index (χ0v) is 14.4. The van der Waals surface area contributed by atoms with E-state index >= 15 is 0 Å². The molecule has 1 amide bonds. The summed E-state index contributed by atoms with van der Waals surface area (Å²) in [6.07, 6.45) is 2.31. The van der Waals surface area contributed by atoms with E-state index in [0.717, 1.165) is 50.1 Å². The number of carbonyl (C=O) groups is 1. The maximum Gasteiger partial charge on any atom is 0.251 e. The number of hydrogen-bond acceptors (Lipinski definition) is 2. The van der Waals surface area contributed by atoms with Gasteiger partial charge in [0, 0.05) is 18.7 Å². The minimum atomic E-state index is 0.0467. The SMILES string of the molecule is Cc1cccc(C(=O)NCC2CCN(Cc3ccccc3)CC2)c1. The molecule has 0 saturated carbocycles. The molecule has 1 heterocycles. The Kier molecular flexibility index (Phi) is 5.65. The van der Waals surface area contributed by atoms with E-state index in [1.165, 1.54) is 5.56 Å². The fraction of sp³-hybridized carbons (Fsp3) is 0.381. The Balaban J connectivity index is 1.42. The van der Waals surface area contributed by atoms with Crippen LogP contribution < -0.4 is 5.32 Å². The number of nitrogens with one attached hydrogen (secondary N) is 1. The van der Waals surface area contributed by atoms with Gasteiger partial charge < -0.3 is 5.32 Å². The molecule has 1 fully saturated rings. The molecule has 0 radical (unpaired) electrons. The monoisotopic (exact) mass is 322 g/mol. The molecule has 0 bridgehead atoms. The number of piperidine rings is 1. The van der Waals surface area contributed by atoms with Crippen LogP contribution in [0.4, 0.5) is 0 Å². The molecular formula is C21H26N2O. The number of carbonyl (C=O) groups excluding carboxylic acids is 1. The van der Waals surface area contributed by atoms with Gasteiger partial charge in [-0.3, -0.25) is 9.69 Å². The topological polar surface area (TPSA) is 32.3 Å². The molecular weight excluding hydrogens is 296 g/mol. The Morgan fingerprint density at radius 3 is 2.54 bits per heavy atom. The predicted molar refractivity (Wildman–Crippen MR) is 98.0 cm³/mol. The summed E-state index contributed by atoms with van der Waals surface area (Å²) < 4.78 is 0.